The minimum absolute atomic E-state index is 0.0855. The van der Waals surface area contributed by atoms with Crippen LogP contribution in [0.4, 0.5) is 5.69 Å². The summed E-state index contributed by atoms with van der Waals surface area (Å²) < 4.78 is 5.60. The zero-order valence-corrected chi connectivity index (χ0v) is 22.4. The number of ether oxygens (including phenoxy) is 1. The van der Waals surface area contributed by atoms with Gasteiger partial charge in [0.2, 0.25) is 11.8 Å². The van der Waals surface area contributed by atoms with Gasteiger partial charge in [-0.15, -0.1) is 0 Å². The quantitative estimate of drug-likeness (QED) is 0.123. The summed E-state index contributed by atoms with van der Waals surface area (Å²) in [5, 5.41) is 9.56. The average Bonchev–Trinajstić information content (AvgIpc) is 3.70. The maximum atomic E-state index is 12.2. The first-order valence-corrected chi connectivity index (χ1v) is 14.2. The topological polar surface area (TPSA) is 95.7 Å². The van der Waals surface area contributed by atoms with E-state index in [-0.39, 0.29) is 11.8 Å². The molecule has 1 aliphatic heterocycles. The van der Waals surface area contributed by atoms with Crippen LogP contribution in [0.25, 0.3) is 0 Å². The number of hydrogen-bond donors (Lipinski definition) is 3. The summed E-state index contributed by atoms with van der Waals surface area (Å²) in [6.07, 6.45) is 16.8. The van der Waals surface area contributed by atoms with Crippen molar-refractivity contribution in [3.8, 4) is 11.5 Å². The molecule has 202 valence electrons. The number of amides is 2. The summed E-state index contributed by atoms with van der Waals surface area (Å²) in [4.78, 5) is 28.2. The molecule has 0 spiro atoms. The summed E-state index contributed by atoms with van der Waals surface area (Å²) in [6.45, 7) is 4.24. The van der Waals surface area contributed by atoms with Crippen molar-refractivity contribution >= 4 is 17.5 Å². The first-order valence-electron chi connectivity index (χ1n) is 14.2. The first kappa shape index (κ1) is 28.5. The van der Waals surface area contributed by atoms with Gasteiger partial charge in [-0.2, -0.15) is 0 Å². The molecule has 7 heteroatoms. The standard InChI is InChI=1S/C30H44N4O3/c1-2-3-4-5-6-7-9-12-27(35)32-22-18-25-14-15-26-30(37-26)29(25)33-19-11-8-10-13-28(36)34-23-24-16-20-31-21-17-24/h14-17,20-21,33H,2-13,18-19,22-23H2,1H3,(H,32,35)(H,34,36). The van der Waals surface area contributed by atoms with E-state index in [0.717, 1.165) is 67.8 Å². The molecule has 0 saturated heterocycles. The van der Waals surface area contributed by atoms with Crippen molar-refractivity contribution in [2.75, 3.05) is 18.4 Å². The van der Waals surface area contributed by atoms with Crippen LogP contribution in [-0.4, -0.2) is 29.9 Å². The zero-order valence-electron chi connectivity index (χ0n) is 22.4. The number of carbonyl (C=O) groups is 2. The average molecular weight is 509 g/mol. The molecule has 3 rings (SSSR count). The molecule has 0 fully saturated rings. The van der Waals surface area contributed by atoms with Gasteiger partial charge in [0, 0.05) is 44.9 Å². The van der Waals surface area contributed by atoms with E-state index in [2.05, 4.69) is 33.9 Å². The summed E-state index contributed by atoms with van der Waals surface area (Å²) >= 11 is 0. The van der Waals surface area contributed by atoms with Crippen LogP contribution >= 0.6 is 0 Å². The van der Waals surface area contributed by atoms with Crippen molar-refractivity contribution in [2.24, 2.45) is 0 Å². The minimum Gasteiger partial charge on any atom is -0.447 e. The van der Waals surface area contributed by atoms with Gasteiger partial charge in [-0.3, -0.25) is 14.6 Å². The lowest BCUT2D eigenvalue weighted by molar-refractivity contribution is -0.122. The molecule has 0 saturated carbocycles. The Kier molecular flexibility index (Phi) is 12.8. The van der Waals surface area contributed by atoms with Gasteiger partial charge in [0.05, 0.1) is 5.69 Å². The van der Waals surface area contributed by atoms with E-state index in [4.69, 9.17) is 4.74 Å². The smallest absolute Gasteiger partial charge is 0.220 e. The molecule has 2 heterocycles. The highest BCUT2D eigenvalue weighted by Gasteiger charge is 2.26. The van der Waals surface area contributed by atoms with Gasteiger partial charge >= 0.3 is 0 Å². The Hall–Kier alpha value is -3.09. The third kappa shape index (κ3) is 11.2. The molecule has 2 aromatic rings. The highest BCUT2D eigenvalue weighted by molar-refractivity contribution is 5.77. The number of benzene rings is 1. The molecule has 7 nitrogen and oxygen atoms in total. The molecule has 0 aliphatic carbocycles. The van der Waals surface area contributed by atoms with Crippen LogP contribution in [-0.2, 0) is 22.6 Å². The van der Waals surface area contributed by atoms with Gasteiger partial charge < -0.3 is 20.7 Å². The second-order valence-corrected chi connectivity index (χ2v) is 9.87. The van der Waals surface area contributed by atoms with Crippen LogP contribution < -0.4 is 20.7 Å². The summed E-state index contributed by atoms with van der Waals surface area (Å²) in [6, 6.07) is 7.90. The van der Waals surface area contributed by atoms with Crippen molar-refractivity contribution < 1.29 is 14.3 Å². The molecule has 37 heavy (non-hydrogen) atoms. The number of rotatable bonds is 20. The van der Waals surface area contributed by atoms with E-state index in [1.54, 1.807) is 12.4 Å². The number of aromatic nitrogens is 1. The van der Waals surface area contributed by atoms with Gasteiger partial charge in [0.15, 0.2) is 11.5 Å². The van der Waals surface area contributed by atoms with E-state index in [9.17, 15) is 9.59 Å². The molecular formula is C30H44N4O3. The zero-order chi connectivity index (χ0) is 26.1. The fraction of sp³-hybridized carbons (Fsp3) is 0.567. The third-order valence-electron chi connectivity index (χ3n) is 6.72. The van der Waals surface area contributed by atoms with Crippen LogP contribution in [0.3, 0.4) is 0 Å². The highest BCUT2D eigenvalue weighted by atomic mass is 16.6. The van der Waals surface area contributed by atoms with Gasteiger partial charge in [0.25, 0.3) is 0 Å². The minimum atomic E-state index is 0.0855. The third-order valence-corrected chi connectivity index (χ3v) is 6.72. The lowest BCUT2D eigenvalue weighted by Crippen LogP contribution is -2.25. The fourth-order valence-corrected chi connectivity index (χ4v) is 4.43. The van der Waals surface area contributed by atoms with Crippen molar-refractivity contribution in [3.05, 3.63) is 47.8 Å². The van der Waals surface area contributed by atoms with E-state index >= 15 is 0 Å². The molecule has 0 bridgehead atoms. The predicted octanol–water partition coefficient (Wildman–Crippen LogP) is 6.28. The van der Waals surface area contributed by atoms with E-state index in [1.165, 1.54) is 37.7 Å². The Balaban J connectivity index is 1.25. The molecule has 2 amide bonds. The lowest BCUT2D eigenvalue weighted by atomic mass is 10.1. The first-order chi connectivity index (χ1) is 18.2. The van der Waals surface area contributed by atoms with Crippen molar-refractivity contribution in [1.82, 2.24) is 15.6 Å². The number of unbranched alkanes of at least 4 members (excludes halogenated alkanes) is 8. The van der Waals surface area contributed by atoms with Crippen LogP contribution in [0, 0.1) is 0 Å². The number of hydrogen-bond acceptors (Lipinski definition) is 5. The van der Waals surface area contributed by atoms with Crippen LogP contribution in [0.15, 0.2) is 36.7 Å². The molecule has 1 aliphatic rings. The van der Waals surface area contributed by atoms with Crippen molar-refractivity contribution in [2.45, 2.75) is 96.9 Å². The Morgan fingerprint density at radius 3 is 2.22 bits per heavy atom. The fourth-order valence-electron chi connectivity index (χ4n) is 4.43. The molecule has 0 atom stereocenters. The second-order valence-electron chi connectivity index (χ2n) is 9.87. The largest absolute Gasteiger partial charge is 0.447 e. The Bertz CT molecular complexity index is 965. The molecule has 3 N–H and O–H groups in total. The van der Waals surface area contributed by atoms with E-state index < -0.39 is 0 Å². The van der Waals surface area contributed by atoms with Crippen molar-refractivity contribution in [1.29, 1.82) is 0 Å². The number of fused-ring (bicyclic) bond motifs is 1. The predicted molar refractivity (Wildman–Crippen MR) is 149 cm³/mol. The van der Waals surface area contributed by atoms with E-state index in [0.29, 0.717) is 25.9 Å². The van der Waals surface area contributed by atoms with Crippen molar-refractivity contribution in [3.63, 3.8) is 0 Å². The molecule has 0 unspecified atom stereocenters. The number of anilines is 1. The van der Waals surface area contributed by atoms with Crippen LogP contribution in [0.1, 0.15) is 95.1 Å². The maximum absolute atomic E-state index is 12.2. The second kappa shape index (κ2) is 16.6. The Labute approximate surface area is 222 Å². The van der Waals surface area contributed by atoms with Crippen LogP contribution in [0.2, 0.25) is 0 Å². The lowest BCUT2D eigenvalue weighted by Gasteiger charge is -2.11. The van der Waals surface area contributed by atoms with Gasteiger partial charge in [-0.25, -0.2) is 0 Å². The van der Waals surface area contributed by atoms with Gasteiger partial charge in [-0.1, -0.05) is 57.9 Å². The SMILES string of the molecule is CCCCCCCCCC(=O)NCCc1ccc2c(c1NCCCCCC(=O)NCc1ccncc1)O2. The van der Waals surface area contributed by atoms with Gasteiger partial charge in [0.1, 0.15) is 0 Å². The molecule has 0 radical (unpaired) electrons. The Morgan fingerprint density at radius 2 is 1.46 bits per heavy atom. The van der Waals surface area contributed by atoms with Gasteiger partial charge in [-0.05, 0) is 55.0 Å². The summed E-state index contributed by atoms with van der Waals surface area (Å²) in [5.41, 5.74) is 3.28. The summed E-state index contributed by atoms with van der Waals surface area (Å²) in [5.74, 6) is 2.10. The Morgan fingerprint density at radius 1 is 0.784 bits per heavy atom. The molecular weight excluding hydrogens is 464 g/mol. The normalized spacial score (nSPS) is 11.4. The number of nitrogens with one attached hydrogen (secondary N) is 3. The number of carbonyl (C=O) groups excluding carboxylic acids is 2. The number of nitrogens with zero attached hydrogens (tertiary/aromatic N) is 1. The number of pyridine rings is 1. The van der Waals surface area contributed by atoms with Crippen LogP contribution in [0.5, 0.6) is 11.5 Å². The summed E-state index contributed by atoms with van der Waals surface area (Å²) in [7, 11) is 0. The maximum Gasteiger partial charge on any atom is 0.220 e. The molecule has 1 aromatic heterocycles. The highest BCUT2D eigenvalue weighted by Crippen LogP contribution is 2.52. The monoisotopic (exact) mass is 508 g/mol. The van der Waals surface area contributed by atoms with E-state index in [1.807, 2.05) is 18.2 Å². The molecule has 1 aromatic carbocycles.